The highest BCUT2D eigenvalue weighted by atomic mass is 32.1. The van der Waals surface area contributed by atoms with Crippen LogP contribution >= 0.6 is 11.3 Å². The van der Waals surface area contributed by atoms with Gasteiger partial charge in [0.15, 0.2) is 0 Å². The number of halogens is 2. The summed E-state index contributed by atoms with van der Waals surface area (Å²) in [5, 5.41) is 8.97. The number of aromatic carboxylic acids is 1. The van der Waals surface area contributed by atoms with Crippen LogP contribution in [0.2, 0.25) is 0 Å². The van der Waals surface area contributed by atoms with Crippen molar-refractivity contribution in [2.45, 2.75) is 6.54 Å². The minimum absolute atomic E-state index is 0.130. The summed E-state index contributed by atoms with van der Waals surface area (Å²) >= 11 is 1.06. The van der Waals surface area contributed by atoms with Gasteiger partial charge in [-0.15, -0.1) is 11.3 Å². The number of hydrogen-bond acceptors (Lipinski definition) is 3. The molecule has 0 unspecified atom stereocenters. The summed E-state index contributed by atoms with van der Waals surface area (Å²) in [6.07, 6.45) is 0. The zero-order valence-corrected chi connectivity index (χ0v) is 15.1. The third-order valence-corrected chi connectivity index (χ3v) is 5.02. The fourth-order valence-electron chi connectivity index (χ4n) is 2.63. The van der Waals surface area contributed by atoms with Crippen LogP contribution in [-0.2, 0) is 6.54 Å². The second-order valence-electron chi connectivity index (χ2n) is 5.94. The Labute approximate surface area is 158 Å². The molecule has 4 nitrogen and oxygen atoms in total. The monoisotopic (exact) mass is 387 g/mol. The van der Waals surface area contributed by atoms with Crippen LogP contribution in [0.3, 0.4) is 0 Å². The maximum absolute atomic E-state index is 14.2. The first-order valence-electron chi connectivity index (χ1n) is 7.98. The van der Waals surface area contributed by atoms with Gasteiger partial charge in [-0.25, -0.2) is 13.6 Å². The van der Waals surface area contributed by atoms with Crippen molar-refractivity contribution in [3.63, 3.8) is 0 Å². The van der Waals surface area contributed by atoms with Crippen LogP contribution in [0.15, 0.2) is 54.6 Å². The van der Waals surface area contributed by atoms with Gasteiger partial charge < -0.3 is 10.0 Å². The average molecular weight is 387 g/mol. The molecule has 0 aliphatic heterocycles. The molecule has 0 atom stereocenters. The molecule has 0 bridgehead atoms. The third-order valence-electron chi connectivity index (χ3n) is 3.97. The molecule has 7 heteroatoms. The van der Waals surface area contributed by atoms with Crippen LogP contribution in [0.4, 0.5) is 8.78 Å². The van der Waals surface area contributed by atoms with Gasteiger partial charge in [0.25, 0.3) is 5.91 Å². The zero-order chi connectivity index (χ0) is 19.6. The maximum atomic E-state index is 14.2. The molecular formula is C20H15F2NO3S. The standard InChI is InChI=1S/C20H15F2NO3S/c1-23(11-15-6-8-18(27-15)20(25)26)19(24)16-10-13(5-7-17(16)22)12-3-2-4-14(21)9-12/h2-10H,11H2,1H3,(H,25,26). The molecule has 0 saturated heterocycles. The van der Waals surface area contributed by atoms with Gasteiger partial charge in [-0.2, -0.15) is 0 Å². The molecule has 3 aromatic rings. The van der Waals surface area contributed by atoms with Crippen LogP contribution in [0.5, 0.6) is 0 Å². The van der Waals surface area contributed by atoms with Gasteiger partial charge in [0.2, 0.25) is 0 Å². The van der Waals surface area contributed by atoms with Crippen molar-refractivity contribution in [3.05, 3.63) is 81.5 Å². The summed E-state index contributed by atoms with van der Waals surface area (Å²) in [5.41, 5.74) is 0.933. The van der Waals surface area contributed by atoms with Crippen LogP contribution < -0.4 is 0 Å². The van der Waals surface area contributed by atoms with E-state index in [-0.39, 0.29) is 17.0 Å². The van der Waals surface area contributed by atoms with E-state index in [1.807, 2.05) is 0 Å². The number of hydrogen-bond donors (Lipinski definition) is 1. The van der Waals surface area contributed by atoms with E-state index >= 15 is 0 Å². The molecule has 138 valence electrons. The van der Waals surface area contributed by atoms with Gasteiger partial charge in [-0.1, -0.05) is 18.2 Å². The van der Waals surface area contributed by atoms with Crippen molar-refractivity contribution in [1.82, 2.24) is 4.90 Å². The van der Waals surface area contributed by atoms with Gasteiger partial charge in [0.1, 0.15) is 16.5 Å². The normalized spacial score (nSPS) is 10.6. The van der Waals surface area contributed by atoms with Gasteiger partial charge in [0, 0.05) is 11.9 Å². The molecule has 0 saturated carbocycles. The summed E-state index contributed by atoms with van der Waals surface area (Å²) < 4.78 is 27.7. The van der Waals surface area contributed by atoms with Gasteiger partial charge in [-0.05, 0) is 47.5 Å². The molecule has 0 fully saturated rings. The summed E-state index contributed by atoms with van der Waals surface area (Å²) in [6.45, 7) is 0.153. The Morgan fingerprint density at radius 3 is 2.44 bits per heavy atom. The number of amides is 1. The van der Waals surface area contributed by atoms with Crippen LogP contribution in [-0.4, -0.2) is 28.9 Å². The molecule has 0 spiro atoms. The predicted molar refractivity (Wildman–Crippen MR) is 98.9 cm³/mol. The summed E-state index contributed by atoms with van der Waals surface area (Å²) in [6, 6.07) is 13.0. The SMILES string of the molecule is CN(Cc1ccc(C(=O)O)s1)C(=O)c1cc(-c2cccc(F)c2)ccc1F. The number of carbonyl (C=O) groups is 2. The largest absolute Gasteiger partial charge is 0.477 e. The van der Waals surface area contributed by atoms with E-state index < -0.39 is 23.5 Å². The smallest absolute Gasteiger partial charge is 0.345 e. The lowest BCUT2D eigenvalue weighted by molar-refractivity contribution is 0.0701. The lowest BCUT2D eigenvalue weighted by atomic mass is 10.0. The average Bonchev–Trinajstić information content (AvgIpc) is 3.10. The van der Waals surface area contributed by atoms with Crippen molar-refractivity contribution >= 4 is 23.2 Å². The molecule has 1 amide bonds. The van der Waals surface area contributed by atoms with Crippen LogP contribution in [0.25, 0.3) is 11.1 Å². The third kappa shape index (κ3) is 4.20. The maximum Gasteiger partial charge on any atom is 0.345 e. The first-order chi connectivity index (χ1) is 12.8. The van der Waals surface area contributed by atoms with Gasteiger partial charge in [-0.3, -0.25) is 4.79 Å². The summed E-state index contributed by atoms with van der Waals surface area (Å²) in [5.74, 6) is -2.68. The fourth-order valence-corrected chi connectivity index (χ4v) is 3.53. The highest BCUT2D eigenvalue weighted by molar-refractivity contribution is 7.13. The number of carboxylic acid groups (broad SMARTS) is 1. The highest BCUT2D eigenvalue weighted by Gasteiger charge is 2.19. The molecule has 2 aromatic carbocycles. The second-order valence-corrected chi connectivity index (χ2v) is 7.11. The lowest BCUT2D eigenvalue weighted by Crippen LogP contribution is -2.26. The molecule has 0 radical (unpaired) electrons. The second kappa shape index (κ2) is 7.67. The van der Waals surface area contributed by atoms with E-state index in [9.17, 15) is 18.4 Å². The Morgan fingerprint density at radius 1 is 1.04 bits per heavy atom. The van der Waals surface area contributed by atoms with E-state index in [0.29, 0.717) is 16.0 Å². The van der Waals surface area contributed by atoms with Crippen molar-refractivity contribution in [2.24, 2.45) is 0 Å². The fraction of sp³-hybridized carbons (Fsp3) is 0.100. The summed E-state index contributed by atoms with van der Waals surface area (Å²) in [7, 11) is 1.51. The van der Waals surface area contributed by atoms with E-state index in [4.69, 9.17) is 5.11 Å². The van der Waals surface area contributed by atoms with Crippen molar-refractivity contribution in [1.29, 1.82) is 0 Å². The zero-order valence-electron chi connectivity index (χ0n) is 14.3. The molecule has 27 heavy (non-hydrogen) atoms. The van der Waals surface area contributed by atoms with E-state index in [2.05, 4.69) is 0 Å². The topological polar surface area (TPSA) is 57.6 Å². The minimum atomic E-state index is -1.03. The summed E-state index contributed by atoms with van der Waals surface area (Å²) in [4.78, 5) is 25.8. The Kier molecular flexibility index (Phi) is 5.32. The number of carbonyl (C=O) groups excluding carboxylic acids is 1. The van der Waals surface area contributed by atoms with Crippen molar-refractivity contribution < 1.29 is 23.5 Å². The number of nitrogens with zero attached hydrogens (tertiary/aromatic N) is 1. The first kappa shape index (κ1) is 18.7. The van der Waals surface area contributed by atoms with Gasteiger partial charge >= 0.3 is 5.97 Å². The Hall–Kier alpha value is -3.06. The molecule has 0 aliphatic carbocycles. The molecular weight excluding hydrogens is 372 g/mol. The van der Waals surface area contributed by atoms with E-state index in [1.165, 1.54) is 48.3 Å². The van der Waals surface area contributed by atoms with E-state index in [1.54, 1.807) is 18.2 Å². The Bertz CT molecular complexity index is 1020. The first-order valence-corrected chi connectivity index (χ1v) is 8.80. The van der Waals surface area contributed by atoms with E-state index in [0.717, 1.165) is 11.3 Å². The van der Waals surface area contributed by atoms with Crippen molar-refractivity contribution in [2.75, 3.05) is 7.05 Å². The molecule has 1 heterocycles. The number of thiophene rings is 1. The van der Waals surface area contributed by atoms with Crippen molar-refractivity contribution in [3.8, 4) is 11.1 Å². The molecule has 0 aliphatic rings. The Morgan fingerprint density at radius 2 is 1.78 bits per heavy atom. The minimum Gasteiger partial charge on any atom is -0.477 e. The van der Waals surface area contributed by atoms with Crippen LogP contribution in [0.1, 0.15) is 24.9 Å². The molecule has 3 rings (SSSR count). The number of benzene rings is 2. The van der Waals surface area contributed by atoms with Crippen LogP contribution in [0, 0.1) is 11.6 Å². The molecule has 1 N–H and O–H groups in total. The Balaban J connectivity index is 1.84. The molecule has 1 aromatic heterocycles. The number of carboxylic acids is 1. The van der Waals surface area contributed by atoms with Gasteiger partial charge in [0.05, 0.1) is 12.1 Å². The number of rotatable bonds is 5. The lowest BCUT2D eigenvalue weighted by Gasteiger charge is -2.17. The quantitative estimate of drug-likeness (QED) is 0.693. The predicted octanol–water partition coefficient (Wildman–Crippen LogP) is 4.66. The highest BCUT2D eigenvalue weighted by Crippen LogP contribution is 2.24.